The van der Waals surface area contributed by atoms with Gasteiger partial charge in [0.25, 0.3) is 5.91 Å². The summed E-state index contributed by atoms with van der Waals surface area (Å²) in [6.45, 7) is 1.96. The summed E-state index contributed by atoms with van der Waals surface area (Å²) in [5.41, 5.74) is 3.18. The first-order chi connectivity index (χ1) is 16.0. The Hall–Kier alpha value is -3.34. The van der Waals surface area contributed by atoms with E-state index in [1.807, 2.05) is 67.6 Å². The lowest BCUT2D eigenvalue weighted by Gasteiger charge is -2.19. The zero-order valence-corrected chi connectivity index (χ0v) is 20.2. The summed E-state index contributed by atoms with van der Waals surface area (Å²) >= 11 is 4.63. The third-order valence-electron chi connectivity index (χ3n) is 5.16. The van der Waals surface area contributed by atoms with Gasteiger partial charge in [-0.05, 0) is 55.3 Å². The van der Waals surface area contributed by atoms with Gasteiger partial charge in [-0.15, -0.1) is 0 Å². The van der Waals surface area contributed by atoms with Crippen LogP contribution >= 0.6 is 27.7 Å². The number of amides is 2. The monoisotopic (exact) mass is 517 g/mol. The molecule has 0 aliphatic carbocycles. The second-order valence-corrected chi connectivity index (χ2v) is 9.67. The maximum absolute atomic E-state index is 13.5. The van der Waals surface area contributed by atoms with E-state index in [0.717, 1.165) is 15.6 Å². The molecule has 0 saturated carbocycles. The number of anilines is 2. The lowest BCUT2D eigenvalue weighted by molar-refractivity contribution is -0.117. The molecule has 0 bridgehead atoms. The highest BCUT2D eigenvalue weighted by atomic mass is 79.9. The van der Waals surface area contributed by atoms with Crippen LogP contribution in [0.3, 0.4) is 0 Å². The fourth-order valence-corrected chi connectivity index (χ4v) is 5.04. The zero-order chi connectivity index (χ0) is 23.4. The van der Waals surface area contributed by atoms with Gasteiger partial charge in [0.2, 0.25) is 5.91 Å². The highest BCUT2D eigenvalue weighted by Crippen LogP contribution is 2.42. The number of nitrogens with zero attached hydrogens (tertiary/aromatic N) is 2. The summed E-state index contributed by atoms with van der Waals surface area (Å²) in [5, 5.41) is 12.6. The number of hydrogen-bond acceptors (Lipinski definition) is 4. The molecule has 0 unspecified atom stereocenters. The van der Waals surface area contributed by atoms with Gasteiger partial charge < -0.3 is 5.32 Å². The third-order valence-corrected chi connectivity index (χ3v) is 6.96. The van der Waals surface area contributed by atoms with E-state index in [1.54, 1.807) is 24.3 Å². The smallest absolute Gasteiger partial charge is 0.269 e. The molecular weight excluding hydrogens is 498 g/mol. The van der Waals surface area contributed by atoms with E-state index < -0.39 is 11.2 Å². The molecule has 1 heterocycles. The Balaban J connectivity index is 1.72. The predicted octanol–water partition coefficient (Wildman–Crippen LogP) is 5.82. The van der Waals surface area contributed by atoms with Crippen LogP contribution in [0, 0.1) is 18.3 Å². The van der Waals surface area contributed by atoms with Crippen LogP contribution in [0.5, 0.6) is 0 Å². The van der Waals surface area contributed by atoms with E-state index in [2.05, 4.69) is 21.2 Å². The van der Waals surface area contributed by atoms with Crippen LogP contribution < -0.4 is 10.2 Å². The number of halogens is 1. The number of aryl methyl sites for hydroxylation is 1. The SMILES string of the molecule is Cc1ccc(N2C(=O)[C@H](Cc3ccccc3)S/C2=C(/C#N)C(=O)Nc2ccc(Br)cc2)cc1. The molecule has 1 saturated heterocycles. The lowest BCUT2D eigenvalue weighted by atomic mass is 10.1. The molecule has 1 N–H and O–H groups in total. The standard InChI is InChI=1S/C26H20BrN3O2S/c1-17-7-13-21(14-8-17)30-25(32)23(15-18-5-3-2-4-6-18)33-26(30)22(16-28)24(31)29-20-11-9-19(27)10-12-20/h2-14,23H,15H2,1H3,(H,29,31)/b26-22-/t23-/m0/s1. The van der Waals surface area contributed by atoms with Crippen molar-refractivity contribution < 1.29 is 9.59 Å². The maximum Gasteiger partial charge on any atom is 0.269 e. The molecule has 33 heavy (non-hydrogen) atoms. The lowest BCUT2D eigenvalue weighted by Crippen LogP contribution is -2.30. The highest BCUT2D eigenvalue weighted by molar-refractivity contribution is 9.10. The molecule has 3 aromatic carbocycles. The molecule has 5 nitrogen and oxygen atoms in total. The van der Waals surface area contributed by atoms with Crippen molar-refractivity contribution in [1.82, 2.24) is 0 Å². The number of hydrogen-bond donors (Lipinski definition) is 1. The molecular formula is C26H20BrN3O2S. The number of benzene rings is 3. The number of carbonyl (C=O) groups excluding carboxylic acids is 2. The maximum atomic E-state index is 13.5. The fourth-order valence-electron chi connectivity index (χ4n) is 3.47. The van der Waals surface area contributed by atoms with E-state index >= 15 is 0 Å². The van der Waals surface area contributed by atoms with Crippen LogP contribution in [0.1, 0.15) is 11.1 Å². The van der Waals surface area contributed by atoms with Crippen molar-refractivity contribution in [3.05, 3.63) is 105 Å². The highest BCUT2D eigenvalue weighted by Gasteiger charge is 2.40. The summed E-state index contributed by atoms with van der Waals surface area (Å²) in [6.07, 6.45) is 0.503. The topological polar surface area (TPSA) is 73.2 Å². The molecule has 4 rings (SSSR count). The minimum Gasteiger partial charge on any atom is -0.321 e. The first-order valence-corrected chi connectivity index (χ1v) is 12.0. The van der Waals surface area contributed by atoms with Gasteiger partial charge in [-0.1, -0.05) is 75.7 Å². The largest absolute Gasteiger partial charge is 0.321 e. The summed E-state index contributed by atoms with van der Waals surface area (Å²) < 4.78 is 0.880. The van der Waals surface area contributed by atoms with Gasteiger partial charge >= 0.3 is 0 Å². The fraction of sp³-hybridized carbons (Fsp3) is 0.115. The molecule has 1 fully saturated rings. The minimum absolute atomic E-state index is 0.0904. The Bertz CT molecular complexity index is 1250. The summed E-state index contributed by atoms with van der Waals surface area (Å²) in [7, 11) is 0. The van der Waals surface area contributed by atoms with Gasteiger partial charge in [0.1, 0.15) is 16.7 Å². The van der Waals surface area contributed by atoms with Crippen LogP contribution in [0.2, 0.25) is 0 Å². The second-order valence-electron chi connectivity index (χ2n) is 7.56. The zero-order valence-electron chi connectivity index (χ0n) is 17.8. The van der Waals surface area contributed by atoms with Crippen molar-refractivity contribution >= 4 is 50.9 Å². The van der Waals surface area contributed by atoms with Gasteiger partial charge in [0, 0.05) is 15.8 Å². The van der Waals surface area contributed by atoms with E-state index in [-0.39, 0.29) is 11.5 Å². The van der Waals surface area contributed by atoms with Crippen molar-refractivity contribution in [3.63, 3.8) is 0 Å². The molecule has 0 aromatic heterocycles. The minimum atomic E-state index is -0.549. The van der Waals surface area contributed by atoms with Crippen LogP contribution in [0.15, 0.2) is 93.9 Å². The van der Waals surface area contributed by atoms with Gasteiger partial charge in [-0.3, -0.25) is 14.5 Å². The van der Waals surface area contributed by atoms with Crippen molar-refractivity contribution in [2.45, 2.75) is 18.6 Å². The first-order valence-electron chi connectivity index (χ1n) is 10.3. The number of rotatable bonds is 5. The molecule has 0 spiro atoms. The summed E-state index contributed by atoms with van der Waals surface area (Å²) in [4.78, 5) is 28.0. The van der Waals surface area contributed by atoms with Crippen molar-refractivity contribution in [3.8, 4) is 6.07 Å². The Morgan fingerprint density at radius 3 is 2.36 bits per heavy atom. The van der Waals surface area contributed by atoms with E-state index in [1.165, 1.54) is 16.7 Å². The second kappa shape index (κ2) is 10.1. The molecule has 1 atom stereocenters. The van der Waals surface area contributed by atoms with Crippen LogP contribution in [-0.2, 0) is 16.0 Å². The Labute approximate surface area is 205 Å². The number of carbonyl (C=O) groups is 2. The molecule has 1 aliphatic rings. The van der Waals surface area contributed by atoms with Crippen molar-refractivity contribution in [2.75, 3.05) is 10.2 Å². The first kappa shape index (κ1) is 22.8. The van der Waals surface area contributed by atoms with Crippen molar-refractivity contribution in [1.29, 1.82) is 5.26 Å². The molecule has 0 radical (unpaired) electrons. The van der Waals surface area contributed by atoms with E-state index in [0.29, 0.717) is 22.8 Å². The Morgan fingerprint density at radius 2 is 1.73 bits per heavy atom. The molecule has 3 aromatic rings. The summed E-state index contributed by atoms with van der Waals surface area (Å²) in [6, 6.07) is 26.3. The normalized spacial score (nSPS) is 16.9. The van der Waals surface area contributed by atoms with E-state index in [9.17, 15) is 14.9 Å². The predicted molar refractivity (Wildman–Crippen MR) is 136 cm³/mol. The van der Waals surface area contributed by atoms with Crippen LogP contribution in [0.25, 0.3) is 0 Å². The quantitative estimate of drug-likeness (QED) is 0.341. The number of nitrogens with one attached hydrogen (secondary N) is 1. The van der Waals surface area contributed by atoms with Gasteiger partial charge in [-0.25, -0.2) is 0 Å². The Morgan fingerprint density at radius 1 is 1.06 bits per heavy atom. The average Bonchev–Trinajstić information content (AvgIpc) is 3.12. The average molecular weight is 518 g/mol. The van der Waals surface area contributed by atoms with Crippen LogP contribution in [-0.4, -0.2) is 17.1 Å². The number of thioether (sulfide) groups is 1. The molecule has 2 amide bonds. The van der Waals surface area contributed by atoms with Gasteiger partial charge in [0.05, 0.1) is 5.25 Å². The van der Waals surface area contributed by atoms with Gasteiger partial charge in [0.15, 0.2) is 0 Å². The van der Waals surface area contributed by atoms with Crippen molar-refractivity contribution in [2.24, 2.45) is 0 Å². The number of nitriles is 1. The van der Waals surface area contributed by atoms with E-state index in [4.69, 9.17) is 0 Å². The molecule has 164 valence electrons. The molecule has 1 aliphatic heterocycles. The molecule has 7 heteroatoms. The Kier molecular flexibility index (Phi) is 6.97. The third kappa shape index (κ3) is 5.19. The van der Waals surface area contributed by atoms with Crippen LogP contribution in [0.4, 0.5) is 11.4 Å². The van der Waals surface area contributed by atoms with Gasteiger partial charge in [-0.2, -0.15) is 5.26 Å². The summed E-state index contributed by atoms with van der Waals surface area (Å²) in [5.74, 6) is -0.695.